The van der Waals surface area contributed by atoms with Gasteiger partial charge < -0.3 is 4.72 Å². The minimum atomic E-state index is -3.88. The number of benzene rings is 2. The first-order valence-electron chi connectivity index (χ1n) is 9.82. The summed E-state index contributed by atoms with van der Waals surface area (Å²) in [6.07, 6.45) is 2.59. The van der Waals surface area contributed by atoms with E-state index in [9.17, 15) is 8.42 Å². The maximum Gasteiger partial charge on any atom is 0.123 e. The number of rotatable bonds is 5. The summed E-state index contributed by atoms with van der Waals surface area (Å²) in [5, 5.41) is 0.862. The largest absolute Gasteiger partial charge is 0.571 e. The van der Waals surface area contributed by atoms with Gasteiger partial charge in [-0.1, -0.05) is 71.0 Å². The zero-order valence-corrected chi connectivity index (χ0v) is 22.5. The molecule has 3 rings (SSSR count). The molecular weight excluding hydrogens is 446 g/mol. The predicted octanol–water partition coefficient (Wildman–Crippen LogP) is 6.65. The van der Waals surface area contributed by atoms with Gasteiger partial charge in [0.2, 0.25) is 0 Å². The number of nitrogens with zero attached hydrogens (tertiary/aromatic N) is 2. The number of sulfonamides is 1. The number of aryl methyl sites for hydroxylation is 1. The standard InChI is InChI=1S/C24H29N2O2S.Zn/c1-17-12-13-19(24(5,6)16-23(2,3)4)15-21(17)29(27,28)26-20-11-7-9-18-10-8-14-25-22(18)20;/h7-15H,16H2,1-6H3;/q-1;. The minimum Gasteiger partial charge on any atom is -0.571 e. The van der Waals surface area contributed by atoms with Crippen molar-refractivity contribution in [2.75, 3.05) is 0 Å². The Morgan fingerprint density at radius 1 is 0.967 bits per heavy atom. The molecule has 0 unspecified atom stereocenters. The molecule has 0 aliphatic heterocycles. The molecule has 0 radical (unpaired) electrons. The second-order valence-corrected chi connectivity index (χ2v) is 11.1. The van der Waals surface area contributed by atoms with Crippen molar-refractivity contribution in [1.82, 2.24) is 4.98 Å². The molecule has 4 nitrogen and oxygen atoms in total. The molecule has 30 heavy (non-hydrogen) atoms. The van der Waals surface area contributed by atoms with E-state index in [4.69, 9.17) is 0 Å². The molecule has 0 amide bonds. The van der Waals surface area contributed by atoms with Gasteiger partial charge in [0, 0.05) is 25.7 Å². The third-order valence-electron chi connectivity index (χ3n) is 5.05. The SMILES string of the molecule is Cc1ccc(C(C)(C)CC(C)(C)C)cc1S(=O)(=O)[N-]c1cccc2cccnc12.[Zn]. The molecule has 6 heteroatoms. The van der Waals surface area contributed by atoms with Crippen LogP contribution in [0.3, 0.4) is 0 Å². The van der Waals surface area contributed by atoms with Crippen molar-refractivity contribution in [2.45, 2.75) is 58.3 Å². The zero-order valence-electron chi connectivity index (χ0n) is 18.7. The van der Waals surface area contributed by atoms with Gasteiger partial charge in [0.25, 0.3) is 0 Å². The van der Waals surface area contributed by atoms with Crippen LogP contribution >= 0.6 is 0 Å². The van der Waals surface area contributed by atoms with E-state index in [1.165, 1.54) is 0 Å². The summed E-state index contributed by atoms with van der Waals surface area (Å²) in [6.45, 7) is 12.7. The van der Waals surface area contributed by atoms with E-state index in [0.717, 1.165) is 17.4 Å². The van der Waals surface area contributed by atoms with Gasteiger partial charge in [-0.15, -0.1) is 5.69 Å². The van der Waals surface area contributed by atoms with E-state index < -0.39 is 10.0 Å². The first-order chi connectivity index (χ1) is 13.4. The third kappa shape index (κ3) is 5.47. The Balaban J connectivity index is 0.00000320. The van der Waals surface area contributed by atoms with E-state index >= 15 is 0 Å². The minimum absolute atomic E-state index is 0. The number of aromatic nitrogens is 1. The van der Waals surface area contributed by atoms with E-state index in [-0.39, 0.29) is 35.2 Å². The van der Waals surface area contributed by atoms with E-state index in [2.05, 4.69) is 44.3 Å². The maximum atomic E-state index is 13.2. The number of pyridine rings is 1. The molecular formula is C24H29N2O2SZn-. The normalized spacial score (nSPS) is 12.5. The van der Waals surface area contributed by atoms with Crippen LogP contribution in [0.4, 0.5) is 5.69 Å². The Morgan fingerprint density at radius 3 is 2.30 bits per heavy atom. The van der Waals surface area contributed by atoms with Gasteiger partial charge in [0.1, 0.15) is 10.0 Å². The van der Waals surface area contributed by atoms with Crippen molar-refractivity contribution < 1.29 is 27.9 Å². The fourth-order valence-corrected chi connectivity index (χ4v) is 5.32. The molecule has 0 aliphatic rings. The van der Waals surface area contributed by atoms with Crippen LogP contribution in [0.5, 0.6) is 0 Å². The molecule has 3 aromatic rings. The third-order valence-corrected chi connectivity index (χ3v) is 6.48. The van der Waals surface area contributed by atoms with Gasteiger partial charge in [-0.25, -0.2) is 8.42 Å². The van der Waals surface area contributed by atoms with Crippen molar-refractivity contribution >= 4 is 26.6 Å². The Kier molecular flexibility index (Phi) is 7.15. The molecule has 2 aromatic carbocycles. The first-order valence-corrected chi connectivity index (χ1v) is 11.3. The fraction of sp³-hybridized carbons (Fsp3) is 0.375. The van der Waals surface area contributed by atoms with Gasteiger partial charge in [0.05, 0.1) is 10.4 Å². The van der Waals surface area contributed by atoms with E-state index in [1.54, 1.807) is 24.4 Å². The summed E-state index contributed by atoms with van der Waals surface area (Å²) in [6, 6.07) is 14.8. The second kappa shape index (κ2) is 8.76. The first kappa shape index (κ1) is 24.5. The summed E-state index contributed by atoms with van der Waals surface area (Å²) in [5.41, 5.74) is 2.62. The number of fused-ring (bicyclic) bond motifs is 1. The van der Waals surface area contributed by atoms with Crippen LogP contribution in [0.25, 0.3) is 15.6 Å². The Hall–Kier alpha value is -1.78. The van der Waals surface area contributed by atoms with Crippen LogP contribution in [-0.2, 0) is 34.9 Å². The zero-order chi connectivity index (χ0) is 21.4. The Bertz CT molecular complexity index is 1140. The van der Waals surface area contributed by atoms with Gasteiger partial charge >= 0.3 is 0 Å². The number of hydrogen-bond donors (Lipinski definition) is 0. The van der Waals surface area contributed by atoms with Crippen LogP contribution in [0, 0.1) is 12.3 Å². The average molecular weight is 475 g/mol. The molecule has 1 heterocycles. The molecule has 0 saturated carbocycles. The Morgan fingerprint density at radius 2 is 1.63 bits per heavy atom. The van der Waals surface area contributed by atoms with Crippen molar-refractivity contribution in [3.8, 4) is 0 Å². The second-order valence-electron chi connectivity index (χ2n) is 9.52. The summed E-state index contributed by atoms with van der Waals surface area (Å²) < 4.78 is 30.6. The number of para-hydroxylation sites is 1. The average Bonchev–Trinajstić information content (AvgIpc) is 2.60. The molecule has 0 N–H and O–H groups in total. The van der Waals surface area contributed by atoms with E-state index in [0.29, 0.717) is 16.8 Å². The summed E-state index contributed by atoms with van der Waals surface area (Å²) in [7, 11) is -3.88. The van der Waals surface area contributed by atoms with Crippen LogP contribution in [-0.4, -0.2) is 13.4 Å². The summed E-state index contributed by atoms with van der Waals surface area (Å²) in [5.74, 6) is 0. The molecule has 0 fully saturated rings. The van der Waals surface area contributed by atoms with Crippen LogP contribution in [0.15, 0.2) is 59.6 Å². The molecule has 156 valence electrons. The smallest absolute Gasteiger partial charge is 0.123 e. The fourth-order valence-electron chi connectivity index (χ4n) is 4.07. The molecule has 0 aliphatic carbocycles. The van der Waals surface area contributed by atoms with Crippen molar-refractivity contribution in [1.29, 1.82) is 0 Å². The summed E-state index contributed by atoms with van der Waals surface area (Å²) >= 11 is 0. The van der Waals surface area contributed by atoms with Gasteiger partial charge in [-0.2, -0.15) is 0 Å². The summed E-state index contributed by atoms with van der Waals surface area (Å²) in [4.78, 5) is 4.57. The number of hydrogen-bond acceptors (Lipinski definition) is 3. The molecule has 0 atom stereocenters. The van der Waals surface area contributed by atoms with Crippen LogP contribution in [0.1, 0.15) is 52.2 Å². The maximum absolute atomic E-state index is 13.2. The molecule has 1 aromatic heterocycles. The molecule has 0 spiro atoms. The quantitative estimate of drug-likeness (QED) is 0.389. The van der Waals surface area contributed by atoms with Crippen LogP contribution in [0.2, 0.25) is 0 Å². The van der Waals surface area contributed by atoms with Crippen molar-refractivity contribution in [3.63, 3.8) is 0 Å². The van der Waals surface area contributed by atoms with Crippen molar-refractivity contribution in [3.05, 3.63) is 70.6 Å². The predicted molar refractivity (Wildman–Crippen MR) is 120 cm³/mol. The van der Waals surface area contributed by atoms with E-state index in [1.807, 2.05) is 37.3 Å². The molecule has 0 bridgehead atoms. The van der Waals surface area contributed by atoms with Gasteiger partial charge in [-0.05, 0) is 52.8 Å². The Labute approximate surface area is 193 Å². The van der Waals surface area contributed by atoms with Crippen molar-refractivity contribution in [2.24, 2.45) is 5.41 Å². The topological polar surface area (TPSA) is 61.1 Å². The van der Waals surface area contributed by atoms with Crippen LogP contribution < -0.4 is 0 Å². The van der Waals surface area contributed by atoms with Gasteiger partial charge in [0.15, 0.2) is 0 Å². The molecule has 0 saturated heterocycles. The monoisotopic (exact) mass is 473 g/mol. The van der Waals surface area contributed by atoms with Gasteiger partial charge in [-0.3, -0.25) is 4.98 Å².